The van der Waals surface area contributed by atoms with Gasteiger partial charge in [-0.05, 0) is 103 Å². The minimum absolute atomic E-state index is 0.513. The van der Waals surface area contributed by atoms with Crippen molar-refractivity contribution in [2.45, 2.75) is 58.4 Å². The zero-order valence-corrected chi connectivity index (χ0v) is 15.7. The molecule has 0 amide bonds. The number of rotatable bonds is 3. The fourth-order valence-corrected chi connectivity index (χ4v) is 8.42. The highest BCUT2D eigenvalue weighted by molar-refractivity contribution is 9.11. The summed E-state index contributed by atoms with van der Waals surface area (Å²) in [7, 11) is 2.18. The Morgan fingerprint density at radius 2 is 1.95 bits per heavy atom. The summed E-state index contributed by atoms with van der Waals surface area (Å²) in [5.74, 6) is 1.99. The van der Waals surface area contributed by atoms with Gasteiger partial charge in [0.15, 0.2) is 0 Å². The lowest BCUT2D eigenvalue weighted by atomic mass is 9.43. The third-order valence-electron chi connectivity index (χ3n) is 6.54. The minimum Gasteiger partial charge on any atom is -0.312 e. The highest BCUT2D eigenvalue weighted by Gasteiger charge is 2.58. The van der Waals surface area contributed by atoms with E-state index in [4.69, 9.17) is 0 Å². The van der Waals surface area contributed by atoms with Crippen LogP contribution in [0.5, 0.6) is 0 Å². The topological polar surface area (TPSA) is 12.0 Å². The Morgan fingerprint density at radius 1 is 1.29 bits per heavy atom. The van der Waals surface area contributed by atoms with Crippen LogP contribution in [-0.2, 0) is 0 Å². The minimum atomic E-state index is 0.513. The molecule has 0 aliphatic heterocycles. The fourth-order valence-electron chi connectivity index (χ4n) is 6.67. The van der Waals surface area contributed by atoms with E-state index in [9.17, 15) is 0 Å². The Labute approximate surface area is 141 Å². The molecule has 0 saturated heterocycles. The summed E-state index contributed by atoms with van der Waals surface area (Å²) >= 11 is 5.58. The van der Waals surface area contributed by atoms with Gasteiger partial charge in [-0.3, -0.25) is 0 Å². The summed E-state index contributed by atoms with van der Waals surface area (Å²) in [6, 6.07) is 2.92. The monoisotopic (exact) mass is 367 g/mol. The number of thiophene rings is 1. The normalized spacial score (nSPS) is 42.5. The van der Waals surface area contributed by atoms with Crippen LogP contribution >= 0.6 is 27.3 Å². The zero-order valence-electron chi connectivity index (χ0n) is 13.3. The van der Waals surface area contributed by atoms with E-state index in [1.165, 1.54) is 47.2 Å². The lowest BCUT2D eigenvalue weighted by Gasteiger charge is -2.63. The van der Waals surface area contributed by atoms with Gasteiger partial charge in [0.05, 0.1) is 3.79 Å². The molecule has 0 radical (unpaired) electrons. The Kier molecular flexibility index (Phi) is 3.37. The largest absolute Gasteiger partial charge is 0.312 e. The van der Waals surface area contributed by atoms with E-state index < -0.39 is 0 Å². The van der Waals surface area contributed by atoms with Gasteiger partial charge in [0.2, 0.25) is 0 Å². The molecule has 3 atom stereocenters. The summed E-state index contributed by atoms with van der Waals surface area (Å²) in [5.41, 5.74) is 2.69. The van der Waals surface area contributed by atoms with Crippen LogP contribution in [-0.4, -0.2) is 7.05 Å². The van der Waals surface area contributed by atoms with Crippen molar-refractivity contribution < 1.29 is 0 Å². The fraction of sp³-hybridized carbons (Fsp3) is 0.778. The molecule has 3 heteroatoms. The van der Waals surface area contributed by atoms with Crippen molar-refractivity contribution in [3.8, 4) is 0 Å². The lowest BCUT2D eigenvalue weighted by Crippen LogP contribution is -2.55. The Morgan fingerprint density at radius 3 is 2.43 bits per heavy atom. The van der Waals surface area contributed by atoms with Crippen LogP contribution < -0.4 is 5.32 Å². The number of nitrogens with one attached hydrogen (secondary N) is 1. The first-order valence-electron chi connectivity index (χ1n) is 8.36. The molecule has 1 nitrogen and oxygen atoms in total. The second-order valence-corrected chi connectivity index (χ2v) is 11.1. The lowest BCUT2D eigenvalue weighted by molar-refractivity contribution is -0.118. The Hall–Kier alpha value is 0.140. The molecular formula is C18H26BrNS. The van der Waals surface area contributed by atoms with Crippen molar-refractivity contribution in [2.75, 3.05) is 7.05 Å². The zero-order chi connectivity index (χ0) is 14.8. The second-order valence-electron chi connectivity index (χ2n) is 8.42. The first-order valence-corrected chi connectivity index (χ1v) is 9.97. The molecule has 4 saturated carbocycles. The van der Waals surface area contributed by atoms with Gasteiger partial charge in [0.1, 0.15) is 0 Å². The third kappa shape index (κ3) is 2.26. The van der Waals surface area contributed by atoms with Gasteiger partial charge in [-0.15, -0.1) is 11.3 Å². The van der Waals surface area contributed by atoms with Crippen LogP contribution in [0, 0.1) is 29.6 Å². The first kappa shape index (κ1) is 14.7. The van der Waals surface area contributed by atoms with E-state index in [2.05, 4.69) is 48.2 Å². The Bertz CT molecular complexity index is 550. The van der Waals surface area contributed by atoms with E-state index >= 15 is 0 Å². The molecular weight excluding hydrogens is 342 g/mol. The quantitative estimate of drug-likeness (QED) is 0.723. The van der Waals surface area contributed by atoms with Gasteiger partial charge in [0.25, 0.3) is 0 Å². The first-order chi connectivity index (χ1) is 9.93. The molecule has 1 aromatic rings. The van der Waals surface area contributed by atoms with Crippen molar-refractivity contribution in [1.82, 2.24) is 5.32 Å². The molecule has 4 fully saturated rings. The summed E-state index contributed by atoms with van der Waals surface area (Å²) in [6.07, 6.45) is 8.85. The van der Waals surface area contributed by atoms with Gasteiger partial charge in [-0.1, -0.05) is 6.92 Å². The number of halogens is 1. The highest BCUT2D eigenvalue weighted by Crippen LogP contribution is 2.68. The second kappa shape index (κ2) is 4.82. The molecule has 21 heavy (non-hydrogen) atoms. The summed E-state index contributed by atoms with van der Waals surface area (Å²) in [5, 5.41) is 3.73. The van der Waals surface area contributed by atoms with Gasteiger partial charge in [0, 0.05) is 10.9 Å². The average Bonchev–Trinajstić information content (AvgIpc) is 2.65. The number of hydrogen-bond acceptors (Lipinski definition) is 2. The highest BCUT2D eigenvalue weighted by atomic mass is 79.9. The smallest absolute Gasteiger partial charge is 0.0704 e. The molecule has 116 valence electrons. The maximum atomic E-state index is 3.73. The van der Waals surface area contributed by atoms with Crippen molar-refractivity contribution in [1.29, 1.82) is 0 Å². The molecule has 5 rings (SSSR count). The summed E-state index contributed by atoms with van der Waals surface area (Å²) < 4.78 is 1.28. The molecule has 0 spiro atoms. The van der Waals surface area contributed by atoms with E-state index in [0.29, 0.717) is 16.9 Å². The van der Waals surface area contributed by atoms with E-state index in [0.717, 1.165) is 11.8 Å². The van der Waals surface area contributed by atoms with Crippen LogP contribution in [0.1, 0.15) is 61.9 Å². The van der Waals surface area contributed by atoms with Crippen molar-refractivity contribution in [3.63, 3.8) is 0 Å². The molecule has 1 N–H and O–H groups in total. The van der Waals surface area contributed by atoms with E-state index in [1.807, 2.05) is 11.3 Å². The molecule has 0 aromatic carbocycles. The van der Waals surface area contributed by atoms with E-state index in [-0.39, 0.29) is 0 Å². The Balaban J connectivity index is 1.75. The van der Waals surface area contributed by atoms with Crippen LogP contribution in [0.4, 0.5) is 0 Å². The standard InChI is InChI=1S/C18H26BrNS/c1-11-14(5-15(19)21-11)16(20-3)18-8-12-4-13(9-18)7-17(2,6-12)10-18/h5,12-13,16,20H,4,6-10H2,1-3H3. The van der Waals surface area contributed by atoms with Gasteiger partial charge in [-0.25, -0.2) is 0 Å². The molecule has 4 aliphatic rings. The number of hydrogen-bond donors (Lipinski definition) is 1. The van der Waals surface area contributed by atoms with Crippen LogP contribution in [0.2, 0.25) is 0 Å². The van der Waals surface area contributed by atoms with Crippen molar-refractivity contribution in [2.24, 2.45) is 22.7 Å². The average molecular weight is 368 g/mol. The van der Waals surface area contributed by atoms with Gasteiger partial charge in [-0.2, -0.15) is 0 Å². The molecule has 1 aromatic heterocycles. The van der Waals surface area contributed by atoms with E-state index in [1.54, 1.807) is 5.56 Å². The van der Waals surface area contributed by atoms with Gasteiger partial charge < -0.3 is 5.32 Å². The summed E-state index contributed by atoms with van der Waals surface area (Å²) in [4.78, 5) is 1.49. The molecule has 4 aliphatic carbocycles. The predicted octanol–water partition coefficient (Wildman–Crippen LogP) is 5.69. The van der Waals surface area contributed by atoms with Gasteiger partial charge >= 0.3 is 0 Å². The third-order valence-corrected chi connectivity index (χ3v) is 8.11. The van der Waals surface area contributed by atoms with Crippen LogP contribution in [0.3, 0.4) is 0 Å². The number of aryl methyl sites for hydroxylation is 1. The van der Waals surface area contributed by atoms with Crippen molar-refractivity contribution in [3.05, 3.63) is 20.3 Å². The summed E-state index contributed by atoms with van der Waals surface area (Å²) in [6.45, 7) is 4.86. The molecule has 4 bridgehead atoms. The van der Waals surface area contributed by atoms with Crippen molar-refractivity contribution >= 4 is 27.3 Å². The maximum absolute atomic E-state index is 3.73. The van der Waals surface area contributed by atoms with Crippen LogP contribution in [0.15, 0.2) is 9.85 Å². The molecule has 1 heterocycles. The predicted molar refractivity (Wildman–Crippen MR) is 93.8 cm³/mol. The molecule has 3 unspecified atom stereocenters. The van der Waals surface area contributed by atoms with Crippen LogP contribution in [0.25, 0.3) is 0 Å². The maximum Gasteiger partial charge on any atom is 0.0704 e. The SMILES string of the molecule is CNC(c1cc(Br)sc1C)C12CC3CC(CC(C)(C3)C1)C2.